The lowest BCUT2D eigenvalue weighted by Gasteiger charge is -2.51. The van der Waals surface area contributed by atoms with Crippen molar-refractivity contribution in [1.29, 1.82) is 0 Å². The molecule has 1 N–H and O–H groups in total. The van der Waals surface area contributed by atoms with Crippen molar-refractivity contribution in [2.24, 2.45) is 11.8 Å². The molecule has 2 aromatic rings. The Morgan fingerprint density at radius 3 is 2.53 bits per heavy atom. The summed E-state index contributed by atoms with van der Waals surface area (Å²) in [6.45, 7) is -0.134. The van der Waals surface area contributed by atoms with Crippen LogP contribution in [0.5, 0.6) is 5.75 Å². The first-order valence-electron chi connectivity index (χ1n) is 9.52. The number of benzene rings is 2. The van der Waals surface area contributed by atoms with Gasteiger partial charge in [0.05, 0.1) is 29.8 Å². The maximum Gasteiger partial charge on any atom is 0.188 e. The topological polar surface area (TPSA) is 72.8 Å². The molecule has 2 aliphatic rings. The monoisotopic (exact) mass is 458 g/mol. The normalized spacial score (nSPS) is 28.4. The highest BCUT2D eigenvalue weighted by molar-refractivity contribution is 7.92. The molecule has 1 aliphatic carbocycles. The van der Waals surface area contributed by atoms with Crippen LogP contribution in [0.3, 0.4) is 0 Å². The van der Waals surface area contributed by atoms with E-state index in [4.69, 9.17) is 21.1 Å². The predicted molar refractivity (Wildman–Crippen MR) is 106 cm³/mol. The minimum absolute atomic E-state index is 0.0547. The third kappa shape index (κ3) is 3.04. The quantitative estimate of drug-likeness (QED) is 0.756. The molecule has 30 heavy (non-hydrogen) atoms. The molecule has 0 saturated heterocycles. The van der Waals surface area contributed by atoms with E-state index in [1.54, 1.807) is 0 Å². The van der Waals surface area contributed by atoms with Gasteiger partial charge in [0.1, 0.15) is 10.6 Å². The Labute approximate surface area is 178 Å². The molecule has 4 atom stereocenters. The number of ether oxygens (including phenoxy) is 2. The van der Waals surface area contributed by atoms with Crippen LogP contribution in [-0.4, -0.2) is 40.0 Å². The maximum atomic E-state index is 15.2. The van der Waals surface area contributed by atoms with Crippen LogP contribution in [0, 0.1) is 23.5 Å². The zero-order valence-corrected chi connectivity index (χ0v) is 17.7. The van der Waals surface area contributed by atoms with Gasteiger partial charge in [-0.2, -0.15) is 0 Å². The molecule has 9 heteroatoms. The van der Waals surface area contributed by atoms with Crippen molar-refractivity contribution in [3.05, 3.63) is 58.6 Å². The number of aliphatic hydroxyl groups is 1. The summed E-state index contributed by atoms with van der Waals surface area (Å²) in [6, 6.07) is 7.41. The van der Waals surface area contributed by atoms with Gasteiger partial charge >= 0.3 is 0 Å². The first-order valence-corrected chi connectivity index (χ1v) is 11.4. The Balaban J connectivity index is 2.03. The van der Waals surface area contributed by atoms with Gasteiger partial charge in [-0.05, 0) is 49.2 Å². The van der Waals surface area contributed by atoms with Crippen LogP contribution in [0.15, 0.2) is 41.3 Å². The molecular formula is C21H21ClF2O5S. The van der Waals surface area contributed by atoms with Gasteiger partial charge in [-0.25, -0.2) is 17.2 Å². The van der Waals surface area contributed by atoms with E-state index in [0.29, 0.717) is 5.02 Å². The van der Waals surface area contributed by atoms with E-state index in [0.717, 1.165) is 12.1 Å². The van der Waals surface area contributed by atoms with Gasteiger partial charge in [0.15, 0.2) is 21.4 Å². The number of methoxy groups -OCH3 is 1. The van der Waals surface area contributed by atoms with Crippen molar-refractivity contribution >= 4 is 21.4 Å². The predicted octanol–water partition coefficient (Wildman–Crippen LogP) is 3.71. The molecule has 1 heterocycles. The number of halogens is 3. The lowest BCUT2D eigenvalue weighted by Crippen LogP contribution is -2.58. The summed E-state index contributed by atoms with van der Waals surface area (Å²) in [4.78, 5) is -0.0547. The summed E-state index contributed by atoms with van der Waals surface area (Å²) in [7, 11) is -2.80. The van der Waals surface area contributed by atoms with Crippen LogP contribution in [0.4, 0.5) is 8.78 Å². The summed E-state index contributed by atoms with van der Waals surface area (Å²) in [5, 5.41) is 10.9. The van der Waals surface area contributed by atoms with Gasteiger partial charge in [-0.3, -0.25) is 0 Å². The largest absolute Gasteiger partial charge is 0.490 e. The molecule has 0 bridgehead atoms. The number of sulfone groups is 1. The molecule has 1 fully saturated rings. The SMILES string of the molecule is COCC1C(O)CCC2(S(=O)(=O)c3ccc(Cl)cc3)c3c(F)ccc(F)c3OCC12. The third-order valence-corrected chi connectivity index (χ3v) is 9.09. The zero-order valence-electron chi connectivity index (χ0n) is 16.1. The second-order valence-electron chi connectivity index (χ2n) is 7.72. The van der Waals surface area contributed by atoms with Crippen LogP contribution in [0.2, 0.25) is 5.02 Å². The van der Waals surface area contributed by atoms with E-state index in [1.807, 2.05) is 0 Å². The highest BCUT2D eigenvalue weighted by atomic mass is 35.5. The molecule has 1 aliphatic heterocycles. The molecule has 0 aromatic heterocycles. The zero-order chi connectivity index (χ0) is 21.7. The lowest BCUT2D eigenvalue weighted by atomic mass is 9.66. The number of aliphatic hydroxyl groups excluding tert-OH is 1. The second kappa shape index (κ2) is 7.75. The summed E-state index contributed by atoms with van der Waals surface area (Å²) in [5.41, 5.74) is -0.318. The van der Waals surface area contributed by atoms with Crippen LogP contribution in [0.1, 0.15) is 18.4 Å². The lowest BCUT2D eigenvalue weighted by molar-refractivity contribution is -0.0517. The third-order valence-electron chi connectivity index (χ3n) is 6.27. The minimum Gasteiger partial charge on any atom is -0.490 e. The molecule has 0 spiro atoms. The van der Waals surface area contributed by atoms with Crippen molar-refractivity contribution in [3.63, 3.8) is 0 Å². The second-order valence-corrected chi connectivity index (χ2v) is 10.4. The van der Waals surface area contributed by atoms with E-state index in [1.165, 1.54) is 31.4 Å². The van der Waals surface area contributed by atoms with Crippen molar-refractivity contribution in [2.45, 2.75) is 28.6 Å². The van der Waals surface area contributed by atoms with Crippen LogP contribution >= 0.6 is 11.6 Å². The van der Waals surface area contributed by atoms with Crippen LogP contribution in [-0.2, 0) is 19.3 Å². The molecular weight excluding hydrogens is 438 g/mol. The summed E-state index contributed by atoms with van der Waals surface area (Å²) in [6.07, 6.45) is -0.849. The van der Waals surface area contributed by atoms with Gasteiger partial charge < -0.3 is 14.6 Å². The molecule has 4 rings (SSSR count). The number of hydrogen-bond acceptors (Lipinski definition) is 5. The highest BCUT2D eigenvalue weighted by Crippen LogP contribution is 2.58. The smallest absolute Gasteiger partial charge is 0.188 e. The Kier molecular flexibility index (Phi) is 5.55. The van der Waals surface area contributed by atoms with Crippen LogP contribution < -0.4 is 4.74 Å². The molecule has 162 valence electrons. The molecule has 0 amide bonds. The van der Waals surface area contributed by atoms with Crippen LogP contribution in [0.25, 0.3) is 0 Å². The highest BCUT2D eigenvalue weighted by Gasteiger charge is 2.62. The van der Waals surface area contributed by atoms with Crippen molar-refractivity contribution in [3.8, 4) is 5.75 Å². The van der Waals surface area contributed by atoms with E-state index in [2.05, 4.69) is 0 Å². The Morgan fingerprint density at radius 2 is 1.87 bits per heavy atom. The maximum absolute atomic E-state index is 15.2. The van der Waals surface area contributed by atoms with E-state index in [-0.39, 0.29) is 36.5 Å². The first-order chi connectivity index (χ1) is 14.2. The van der Waals surface area contributed by atoms with E-state index >= 15 is 4.39 Å². The fraction of sp³-hybridized carbons (Fsp3) is 0.429. The van der Waals surface area contributed by atoms with E-state index in [9.17, 15) is 17.9 Å². The van der Waals surface area contributed by atoms with Crippen molar-refractivity contribution in [1.82, 2.24) is 0 Å². The average molecular weight is 459 g/mol. The fourth-order valence-corrected chi connectivity index (χ4v) is 7.43. The Morgan fingerprint density at radius 1 is 1.20 bits per heavy atom. The van der Waals surface area contributed by atoms with Gasteiger partial charge in [-0.1, -0.05) is 11.6 Å². The number of hydrogen-bond donors (Lipinski definition) is 1. The molecule has 2 aromatic carbocycles. The van der Waals surface area contributed by atoms with Gasteiger partial charge in [0.25, 0.3) is 0 Å². The molecule has 5 nitrogen and oxygen atoms in total. The number of fused-ring (bicyclic) bond motifs is 3. The molecule has 1 saturated carbocycles. The fourth-order valence-electron chi connectivity index (χ4n) is 4.90. The summed E-state index contributed by atoms with van der Waals surface area (Å²) in [5.74, 6) is -3.56. The average Bonchev–Trinajstić information content (AvgIpc) is 2.72. The van der Waals surface area contributed by atoms with Gasteiger partial charge in [0, 0.05) is 24.0 Å². The van der Waals surface area contributed by atoms with Gasteiger partial charge in [0.2, 0.25) is 0 Å². The molecule has 4 unspecified atom stereocenters. The first kappa shape index (κ1) is 21.5. The summed E-state index contributed by atoms with van der Waals surface area (Å²) >= 11 is 5.92. The van der Waals surface area contributed by atoms with E-state index < -0.39 is 49.9 Å². The summed E-state index contributed by atoms with van der Waals surface area (Å²) < 4.78 is 66.7. The minimum atomic E-state index is -4.24. The Hall–Kier alpha value is -1.74. The van der Waals surface area contributed by atoms with Crippen molar-refractivity contribution < 1.29 is 31.8 Å². The van der Waals surface area contributed by atoms with Gasteiger partial charge in [-0.15, -0.1) is 0 Å². The Bertz CT molecular complexity index is 1060. The standard InChI is InChI=1S/C21H21ClF2O5S/c1-28-10-14-15-11-29-20-17(24)7-6-16(23)19(20)21(15,9-8-18(14)25)30(26,27)13-4-2-12(22)3-5-13/h2-7,14-15,18,25H,8-11H2,1H3. The van der Waals surface area contributed by atoms with Crippen molar-refractivity contribution in [2.75, 3.05) is 20.3 Å². The molecule has 0 radical (unpaired) electrons. The number of rotatable bonds is 4.